The zero-order valence-corrected chi connectivity index (χ0v) is 10.3. The average molecular weight is 256 g/mol. The summed E-state index contributed by atoms with van der Waals surface area (Å²) in [6.45, 7) is 3.24. The van der Waals surface area contributed by atoms with Crippen molar-refractivity contribution >= 4 is 11.8 Å². The Morgan fingerprint density at radius 1 is 1.50 bits per heavy atom. The molecule has 0 saturated carbocycles. The second-order valence-corrected chi connectivity index (χ2v) is 5.34. The Morgan fingerprint density at radius 3 is 2.81 bits per heavy atom. The van der Waals surface area contributed by atoms with E-state index in [9.17, 15) is 13.2 Å². The molecule has 6 heteroatoms. The fourth-order valence-corrected chi connectivity index (χ4v) is 2.73. The van der Waals surface area contributed by atoms with E-state index < -0.39 is 18.6 Å². The van der Waals surface area contributed by atoms with E-state index in [1.54, 1.807) is 6.92 Å². The molecule has 0 aromatic heterocycles. The molecule has 1 saturated heterocycles. The van der Waals surface area contributed by atoms with Crippen molar-refractivity contribution < 1.29 is 13.2 Å². The van der Waals surface area contributed by atoms with Crippen LogP contribution in [0, 0.1) is 0 Å². The monoisotopic (exact) mass is 256 g/mol. The first-order valence-corrected chi connectivity index (χ1v) is 6.74. The first kappa shape index (κ1) is 14.1. The van der Waals surface area contributed by atoms with Gasteiger partial charge in [0.2, 0.25) is 0 Å². The predicted octanol–water partition coefficient (Wildman–Crippen LogP) is 2.01. The molecule has 1 aliphatic heterocycles. The van der Waals surface area contributed by atoms with Crippen LogP contribution in [0.4, 0.5) is 13.2 Å². The van der Waals surface area contributed by atoms with Crippen molar-refractivity contribution in [1.29, 1.82) is 0 Å². The van der Waals surface area contributed by atoms with Crippen molar-refractivity contribution in [3.05, 3.63) is 0 Å². The minimum atomic E-state index is -4.06. The summed E-state index contributed by atoms with van der Waals surface area (Å²) in [6, 6.07) is -0.0411. The van der Waals surface area contributed by atoms with Gasteiger partial charge in [0.25, 0.3) is 0 Å². The van der Waals surface area contributed by atoms with Gasteiger partial charge in [0, 0.05) is 30.1 Å². The SMILES string of the molecule is CC(CC(F)(F)F)NCCC1CSCCN1. The topological polar surface area (TPSA) is 24.1 Å². The summed E-state index contributed by atoms with van der Waals surface area (Å²) in [4.78, 5) is 0. The van der Waals surface area contributed by atoms with E-state index in [0.717, 1.165) is 24.5 Å². The molecule has 0 aliphatic carbocycles. The number of hydrogen-bond acceptors (Lipinski definition) is 3. The maximum Gasteiger partial charge on any atom is 0.390 e. The highest BCUT2D eigenvalue weighted by Gasteiger charge is 2.29. The van der Waals surface area contributed by atoms with Crippen molar-refractivity contribution in [2.45, 2.75) is 38.0 Å². The maximum absolute atomic E-state index is 12.0. The summed E-state index contributed by atoms with van der Waals surface area (Å²) < 4.78 is 36.1. The first-order valence-electron chi connectivity index (χ1n) is 5.58. The Balaban J connectivity index is 2.05. The molecule has 0 bridgehead atoms. The maximum atomic E-state index is 12.0. The molecule has 0 aromatic rings. The Labute approximate surface area is 98.7 Å². The molecule has 16 heavy (non-hydrogen) atoms. The summed E-state index contributed by atoms with van der Waals surface area (Å²) in [5.74, 6) is 2.20. The summed E-state index contributed by atoms with van der Waals surface area (Å²) in [5, 5.41) is 6.28. The second kappa shape index (κ2) is 6.71. The van der Waals surface area contributed by atoms with Gasteiger partial charge in [0.15, 0.2) is 0 Å². The third-order valence-electron chi connectivity index (χ3n) is 2.52. The normalized spacial score (nSPS) is 24.4. The zero-order valence-electron chi connectivity index (χ0n) is 9.44. The lowest BCUT2D eigenvalue weighted by Gasteiger charge is -2.24. The van der Waals surface area contributed by atoms with Crippen LogP contribution in [-0.4, -0.2) is 42.9 Å². The fraction of sp³-hybridized carbons (Fsp3) is 1.00. The first-order chi connectivity index (χ1) is 7.47. The minimum absolute atomic E-state index is 0.448. The van der Waals surface area contributed by atoms with Gasteiger partial charge in [0.1, 0.15) is 0 Å². The van der Waals surface area contributed by atoms with Gasteiger partial charge in [-0.2, -0.15) is 24.9 Å². The van der Waals surface area contributed by atoms with Gasteiger partial charge in [0.05, 0.1) is 6.42 Å². The van der Waals surface area contributed by atoms with Crippen LogP contribution < -0.4 is 10.6 Å². The van der Waals surface area contributed by atoms with E-state index in [1.165, 1.54) is 0 Å². The molecular weight excluding hydrogens is 237 g/mol. The molecule has 1 aliphatic rings. The largest absolute Gasteiger partial charge is 0.390 e. The zero-order chi connectivity index (χ0) is 12.0. The summed E-state index contributed by atoms with van der Waals surface area (Å²) >= 11 is 1.90. The number of halogens is 3. The van der Waals surface area contributed by atoms with Gasteiger partial charge in [-0.15, -0.1) is 0 Å². The molecule has 2 unspecified atom stereocenters. The van der Waals surface area contributed by atoms with Gasteiger partial charge < -0.3 is 10.6 Å². The van der Waals surface area contributed by atoms with E-state index in [1.807, 2.05) is 11.8 Å². The number of rotatable bonds is 5. The lowest BCUT2D eigenvalue weighted by atomic mass is 10.2. The highest BCUT2D eigenvalue weighted by Crippen LogP contribution is 2.21. The van der Waals surface area contributed by atoms with Crippen LogP contribution in [0.2, 0.25) is 0 Å². The predicted molar refractivity (Wildman–Crippen MR) is 61.9 cm³/mol. The lowest BCUT2D eigenvalue weighted by molar-refractivity contribution is -0.139. The van der Waals surface area contributed by atoms with Crippen molar-refractivity contribution in [3.63, 3.8) is 0 Å². The van der Waals surface area contributed by atoms with Gasteiger partial charge in [-0.05, 0) is 19.9 Å². The van der Waals surface area contributed by atoms with E-state index in [4.69, 9.17) is 0 Å². The van der Waals surface area contributed by atoms with Gasteiger partial charge >= 0.3 is 6.18 Å². The van der Waals surface area contributed by atoms with Crippen molar-refractivity contribution in [2.75, 3.05) is 24.6 Å². The molecule has 2 N–H and O–H groups in total. The number of alkyl halides is 3. The van der Waals surface area contributed by atoms with Crippen molar-refractivity contribution in [2.24, 2.45) is 0 Å². The molecule has 1 fully saturated rings. The molecule has 1 rings (SSSR count). The van der Waals surface area contributed by atoms with Gasteiger partial charge in [-0.3, -0.25) is 0 Å². The second-order valence-electron chi connectivity index (χ2n) is 4.19. The Bertz CT molecular complexity index is 193. The van der Waals surface area contributed by atoms with Gasteiger partial charge in [-0.25, -0.2) is 0 Å². The van der Waals surface area contributed by atoms with Crippen LogP contribution in [0.3, 0.4) is 0 Å². The lowest BCUT2D eigenvalue weighted by Crippen LogP contribution is -2.41. The minimum Gasteiger partial charge on any atom is -0.314 e. The number of nitrogens with one attached hydrogen (secondary N) is 2. The Kier molecular flexibility index (Phi) is 5.92. The molecule has 0 amide bonds. The van der Waals surface area contributed by atoms with Crippen molar-refractivity contribution in [1.82, 2.24) is 10.6 Å². The Hall–Kier alpha value is 0.0600. The standard InChI is InChI=1S/C10H19F3N2S/c1-8(6-10(11,12)13)14-3-2-9-7-16-5-4-15-9/h8-9,14-15H,2-7H2,1H3. The third kappa shape index (κ3) is 6.60. The summed E-state index contributed by atoms with van der Waals surface area (Å²) in [5.41, 5.74) is 0. The van der Waals surface area contributed by atoms with Crippen LogP contribution >= 0.6 is 11.8 Å². The van der Waals surface area contributed by atoms with E-state index in [0.29, 0.717) is 12.6 Å². The molecule has 0 spiro atoms. The van der Waals surface area contributed by atoms with E-state index in [-0.39, 0.29) is 0 Å². The van der Waals surface area contributed by atoms with Crippen LogP contribution in [0.15, 0.2) is 0 Å². The smallest absolute Gasteiger partial charge is 0.314 e. The molecule has 0 aromatic carbocycles. The average Bonchev–Trinajstić information content (AvgIpc) is 2.16. The Morgan fingerprint density at radius 2 is 2.25 bits per heavy atom. The summed E-state index contributed by atoms with van der Waals surface area (Å²) in [6.07, 6.45) is -3.92. The number of hydrogen-bond donors (Lipinski definition) is 2. The molecule has 1 heterocycles. The molecule has 96 valence electrons. The molecule has 2 nitrogen and oxygen atoms in total. The van der Waals surface area contributed by atoms with Crippen LogP contribution in [0.5, 0.6) is 0 Å². The third-order valence-corrected chi connectivity index (χ3v) is 3.65. The highest BCUT2D eigenvalue weighted by atomic mass is 32.2. The van der Waals surface area contributed by atoms with E-state index >= 15 is 0 Å². The highest BCUT2D eigenvalue weighted by molar-refractivity contribution is 7.99. The molecular formula is C10H19F3N2S. The van der Waals surface area contributed by atoms with Crippen LogP contribution in [0.1, 0.15) is 19.8 Å². The van der Waals surface area contributed by atoms with E-state index in [2.05, 4.69) is 10.6 Å². The quantitative estimate of drug-likeness (QED) is 0.787. The summed E-state index contributed by atoms with van der Waals surface area (Å²) in [7, 11) is 0. The molecule has 2 atom stereocenters. The van der Waals surface area contributed by atoms with Crippen LogP contribution in [-0.2, 0) is 0 Å². The van der Waals surface area contributed by atoms with Crippen LogP contribution in [0.25, 0.3) is 0 Å². The van der Waals surface area contributed by atoms with Crippen molar-refractivity contribution in [3.8, 4) is 0 Å². The van der Waals surface area contributed by atoms with Gasteiger partial charge in [-0.1, -0.05) is 0 Å². The molecule has 0 radical (unpaired) electrons. The fourth-order valence-electron chi connectivity index (χ4n) is 1.73. The number of thioether (sulfide) groups is 1.